The summed E-state index contributed by atoms with van der Waals surface area (Å²) >= 11 is 2.69. The second-order valence-corrected chi connectivity index (χ2v) is 10.6. The highest BCUT2D eigenvalue weighted by Crippen LogP contribution is 2.42. The summed E-state index contributed by atoms with van der Waals surface area (Å²) in [5.74, 6) is 0.673. The van der Waals surface area contributed by atoms with Gasteiger partial charge in [-0.05, 0) is 17.9 Å². The number of nitrogens with zero attached hydrogens (tertiary/aromatic N) is 2. The van der Waals surface area contributed by atoms with Gasteiger partial charge in [0.15, 0.2) is 15.7 Å². The summed E-state index contributed by atoms with van der Waals surface area (Å²) in [6.07, 6.45) is 1.41. The molecule has 4 aromatic rings. The average molecular weight is 430 g/mol. The van der Waals surface area contributed by atoms with Crippen LogP contribution in [0.3, 0.4) is 0 Å². The van der Waals surface area contributed by atoms with Gasteiger partial charge in [-0.25, -0.2) is 18.4 Å². The zero-order valence-corrected chi connectivity index (χ0v) is 17.7. The number of fused-ring (bicyclic) bond motifs is 1. The Bertz CT molecular complexity index is 1210. The Labute approximate surface area is 171 Å². The van der Waals surface area contributed by atoms with Crippen LogP contribution in [0.2, 0.25) is 0 Å². The number of rotatable bonds is 6. The summed E-state index contributed by atoms with van der Waals surface area (Å²) in [4.78, 5) is 10.9. The number of thiophene rings is 2. The molecule has 28 heavy (non-hydrogen) atoms. The van der Waals surface area contributed by atoms with Crippen LogP contribution in [-0.4, -0.2) is 24.1 Å². The van der Waals surface area contributed by atoms with E-state index in [2.05, 4.69) is 4.98 Å². The maximum Gasteiger partial charge on any atom is 0.189 e. The summed E-state index contributed by atoms with van der Waals surface area (Å²) in [6.45, 7) is 1.97. The van der Waals surface area contributed by atoms with Gasteiger partial charge in [0.25, 0.3) is 0 Å². The van der Waals surface area contributed by atoms with Crippen molar-refractivity contribution >= 4 is 48.4 Å². The van der Waals surface area contributed by atoms with Crippen molar-refractivity contribution in [2.45, 2.75) is 24.0 Å². The fraction of sp³-hybridized carbons (Fsp3) is 0.200. The van der Waals surface area contributed by atoms with Gasteiger partial charge in [0.05, 0.1) is 27.4 Å². The average Bonchev–Trinajstić information content (AvgIpc) is 3.35. The quantitative estimate of drug-likeness (QED) is 0.453. The third-order valence-corrected chi connectivity index (χ3v) is 8.77. The van der Waals surface area contributed by atoms with Crippen LogP contribution in [0.15, 0.2) is 52.1 Å². The molecule has 0 aliphatic carbocycles. The van der Waals surface area contributed by atoms with Gasteiger partial charge >= 0.3 is 0 Å². The van der Waals surface area contributed by atoms with Crippen LogP contribution < -0.4 is 5.73 Å². The Kier molecular flexibility index (Phi) is 5.18. The molecule has 144 valence electrons. The topological polar surface area (TPSA) is 85.9 Å². The van der Waals surface area contributed by atoms with E-state index in [-0.39, 0.29) is 15.6 Å². The lowest BCUT2D eigenvalue weighted by atomic mass is 10.1. The largest absolute Gasteiger partial charge is 0.396 e. The highest BCUT2D eigenvalue weighted by atomic mass is 32.2. The number of nitrogens with two attached hydrogens (primary N) is 1. The molecule has 0 unspecified atom stereocenters. The Hall–Kier alpha value is -2.29. The SMILES string of the molecule is CCCCS(=O)(=O)c1sc2nc(-c3cccs3)nc(-c3ccccc3)c2c1N. The van der Waals surface area contributed by atoms with Gasteiger partial charge in [-0.1, -0.05) is 49.7 Å². The summed E-state index contributed by atoms with van der Waals surface area (Å²) in [6, 6.07) is 13.6. The molecule has 0 aliphatic rings. The first-order valence-electron chi connectivity index (χ1n) is 8.93. The van der Waals surface area contributed by atoms with Crippen LogP contribution in [0.1, 0.15) is 19.8 Å². The minimum absolute atomic E-state index is 0.0897. The normalized spacial score (nSPS) is 11.9. The Balaban J connectivity index is 2.00. The molecule has 0 saturated heterocycles. The second-order valence-electron chi connectivity index (χ2n) is 6.39. The van der Waals surface area contributed by atoms with Gasteiger partial charge in [-0.3, -0.25) is 0 Å². The smallest absolute Gasteiger partial charge is 0.189 e. The molecule has 0 atom stereocenters. The molecule has 0 bridgehead atoms. The van der Waals surface area contributed by atoms with Crippen LogP contribution >= 0.6 is 22.7 Å². The predicted molar refractivity (Wildman–Crippen MR) is 118 cm³/mol. The van der Waals surface area contributed by atoms with Crippen molar-refractivity contribution in [2.24, 2.45) is 0 Å². The minimum Gasteiger partial charge on any atom is -0.396 e. The van der Waals surface area contributed by atoms with Crippen molar-refractivity contribution in [3.8, 4) is 22.0 Å². The molecule has 0 amide bonds. The number of unbranched alkanes of at least 4 members (excludes halogenated alkanes) is 1. The standard InChI is InChI=1S/C20H19N3O2S3/c1-2-3-12-28(24,25)20-16(21)15-17(13-8-5-4-6-9-13)22-18(23-19(15)27-20)14-10-7-11-26-14/h4-11H,2-3,12,21H2,1H3. The molecule has 8 heteroatoms. The van der Waals surface area contributed by atoms with E-state index in [9.17, 15) is 8.42 Å². The fourth-order valence-electron chi connectivity index (χ4n) is 2.98. The van der Waals surface area contributed by atoms with E-state index in [1.165, 1.54) is 0 Å². The maximum absolute atomic E-state index is 12.8. The number of hydrogen-bond acceptors (Lipinski definition) is 7. The van der Waals surface area contributed by atoms with Gasteiger partial charge in [0.1, 0.15) is 9.04 Å². The molecule has 3 heterocycles. The van der Waals surface area contributed by atoms with Crippen molar-refractivity contribution < 1.29 is 8.42 Å². The summed E-state index contributed by atoms with van der Waals surface area (Å²) < 4.78 is 25.9. The zero-order chi connectivity index (χ0) is 19.7. The molecule has 0 aliphatic heterocycles. The molecule has 0 spiro atoms. The number of aromatic nitrogens is 2. The first-order valence-corrected chi connectivity index (χ1v) is 12.3. The van der Waals surface area contributed by atoms with Crippen molar-refractivity contribution in [1.29, 1.82) is 0 Å². The van der Waals surface area contributed by atoms with Crippen molar-refractivity contribution in [3.05, 3.63) is 47.8 Å². The monoisotopic (exact) mass is 429 g/mol. The lowest BCUT2D eigenvalue weighted by Crippen LogP contribution is -2.07. The summed E-state index contributed by atoms with van der Waals surface area (Å²) in [5.41, 5.74) is 8.17. The molecule has 2 N–H and O–H groups in total. The van der Waals surface area contributed by atoms with Gasteiger partial charge in [0.2, 0.25) is 0 Å². The van der Waals surface area contributed by atoms with E-state index in [4.69, 9.17) is 10.7 Å². The Morgan fingerprint density at radius 1 is 1.07 bits per heavy atom. The third-order valence-electron chi connectivity index (χ3n) is 4.39. The zero-order valence-electron chi connectivity index (χ0n) is 15.3. The maximum atomic E-state index is 12.8. The van der Waals surface area contributed by atoms with Crippen molar-refractivity contribution in [2.75, 3.05) is 11.5 Å². The molecule has 3 aromatic heterocycles. The van der Waals surface area contributed by atoms with Gasteiger partial charge in [-0.2, -0.15) is 0 Å². The van der Waals surface area contributed by atoms with E-state index in [1.807, 2.05) is 54.8 Å². The number of sulfone groups is 1. The van der Waals surface area contributed by atoms with E-state index in [1.54, 1.807) is 11.3 Å². The fourth-order valence-corrected chi connectivity index (χ4v) is 6.75. The molecular formula is C20H19N3O2S3. The molecule has 0 fully saturated rings. The van der Waals surface area contributed by atoms with Crippen LogP contribution in [0.4, 0.5) is 5.69 Å². The second kappa shape index (κ2) is 7.62. The summed E-state index contributed by atoms with van der Waals surface area (Å²) in [7, 11) is -3.45. The number of anilines is 1. The van der Waals surface area contributed by atoms with E-state index < -0.39 is 9.84 Å². The molecule has 4 rings (SSSR count). The Morgan fingerprint density at radius 2 is 1.86 bits per heavy atom. The highest BCUT2D eigenvalue weighted by Gasteiger charge is 2.26. The van der Waals surface area contributed by atoms with Crippen LogP contribution in [0.25, 0.3) is 32.2 Å². The molecule has 0 saturated carbocycles. The first-order chi connectivity index (χ1) is 13.5. The molecule has 0 radical (unpaired) electrons. The van der Waals surface area contributed by atoms with Crippen molar-refractivity contribution in [3.63, 3.8) is 0 Å². The van der Waals surface area contributed by atoms with Crippen LogP contribution in [-0.2, 0) is 9.84 Å². The molecule has 1 aromatic carbocycles. The predicted octanol–water partition coefficient (Wildman–Crippen LogP) is 5.24. The third kappa shape index (κ3) is 3.43. The lowest BCUT2D eigenvalue weighted by molar-refractivity contribution is 0.595. The van der Waals surface area contributed by atoms with E-state index in [0.717, 1.165) is 28.2 Å². The van der Waals surface area contributed by atoms with Gasteiger partial charge in [0, 0.05) is 5.56 Å². The highest BCUT2D eigenvalue weighted by molar-refractivity contribution is 7.93. The lowest BCUT2D eigenvalue weighted by Gasteiger charge is -2.07. The van der Waals surface area contributed by atoms with Gasteiger partial charge in [-0.15, -0.1) is 22.7 Å². The number of hydrogen-bond donors (Lipinski definition) is 1. The van der Waals surface area contributed by atoms with Crippen LogP contribution in [0.5, 0.6) is 0 Å². The summed E-state index contributed by atoms with van der Waals surface area (Å²) in [5, 5.41) is 2.58. The van der Waals surface area contributed by atoms with E-state index in [0.29, 0.717) is 28.2 Å². The first kappa shape index (κ1) is 19.0. The Morgan fingerprint density at radius 3 is 2.54 bits per heavy atom. The van der Waals surface area contributed by atoms with Gasteiger partial charge < -0.3 is 5.73 Å². The minimum atomic E-state index is -3.45. The number of benzene rings is 1. The van der Waals surface area contributed by atoms with Crippen LogP contribution in [0, 0.1) is 0 Å². The van der Waals surface area contributed by atoms with E-state index >= 15 is 0 Å². The molecular weight excluding hydrogens is 410 g/mol. The molecule has 5 nitrogen and oxygen atoms in total. The van der Waals surface area contributed by atoms with Crippen molar-refractivity contribution in [1.82, 2.24) is 9.97 Å². The number of nitrogen functional groups attached to an aromatic ring is 1.